The molecule has 0 bridgehead atoms. The summed E-state index contributed by atoms with van der Waals surface area (Å²) in [6, 6.07) is 12.2. The van der Waals surface area contributed by atoms with E-state index in [1.54, 1.807) is 17.0 Å². The predicted octanol–water partition coefficient (Wildman–Crippen LogP) is 5.28. The first-order valence-electron chi connectivity index (χ1n) is 13.0. The highest BCUT2D eigenvalue weighted by molar-refractivity contribution is 5.87. The number of hydrogen-bond donors (Lipinski definition) is 1. The van der Waals surface area contributed by atoms with Crippen molar-refractivity contribution in [3.05, 3.63) is 65.0 Å². The molecule has 2 heterocycles. The number of halogens is 1. The van der Waals surface area contributed by atoms with Crippen molar-refractivity contribution in [1.82, 2.24) is 9.80 Å². The molecule has 1 saturated carbocycles. The molecule has 0 spiro atoms. The normalized spacial score (nSPS) is 25.0. The van der Waals surface area contributed by atoms with Crippen LogP contribution in [0, 0.1) is 17.2 Å². The number of carboxylic acid groups (broad SMARTS) is 1. The number of hydrogen-bond acceptors (Lipinski definition) is 4. The highest BCUT2D eigenvalue weighted by Gasteiger charge is 2.51. The Kier molecular flexibility index (Phi) is 6.77. The average molecular weight is 495 g/mol. The Labute approximate surface area is 212 Å². The van der Waals surface area contributed by atoms with Crippen LogP contribution in [0.15, 0.2) is 42.5 Å². The number of carbonyl (C=O) groups is 2. The first-order valence-corrected chi connectivity index (χ1v) is 13.0. The van der Waals surface area contributed by atoms with Crippen LogP contribution in [0.5, 0.6) is 5.75 Å². The number of likely N-dealkylation sites (tertiary alicyclic amines) is 1. The number of aromatic carboxylic acids is 1. The molecule has 0 aromatic heterocycles. The lowest BCUT2D eigenvalue weighted by Gasteiger charge is -2.41. The third kappa shape index (κ3) is 4.61. The van der Waals surface area contributed by atoms with Gasteiger partial charge in [0.05, 0.1) is 17.5 Å². The van der Waals surface area contributed by atoms with Crippen LogP contribution >= 0.6 is 0 Å². The van der Waals surface area contributed by atoms with Gasteiger partial charge in [0.15, 0.2) is 6.73 Å². The number of amides is 1. The topological polar surface area (TPSA) is 70.1 Å². The van der Waals surface area contributed by atoms with Crippen LogP contribution < -0.4 is 4.74 Å². The molecule has 0 radical (unpaired) electrons. The number of carbonyl (C=O) groups excluding carboxylic acids is 1. The summed E-state index contributed by atoms with van der Waals surface area (Å²) in [6.07, 6.45) is 4.65. The molecular formula is C29H35FN2O4. The summed E-state index contributed by atoms with van der Waals surface area (Å²) in [6.45, 7) is 6.77. The van der Waals surface area contributed by atoms with Crippen molar-refractivity contribution in [1.29, 1.82) is 0 Å². The van der Waals surface area contributed by atoms with E-state index >= 15 is 0 Å². The molecule has 1 amide bonds. The summed E-state index contributed by atoms with van der Waals surface area (Å²) < 4.78 is 19.6. The molecule has 2 fully saturated rings. The average Bonchev–Trinajstić information content (AvgIpc) is 3.35. The van der Waals surface area contributed by atoms with Crippen LogP contribution in [0.25, 0.3) is 0 Å². The number of benzene rings is 2. The van der Waals surface area contributed by atoms with Gasteiger partial charge in [-0.25, -0.2) is 9.18 Å². The lowest BCUT2D eigenvalue weighted by Crippen LogP contribution is -2.49. The van der Waals surface area contributed by atoms with E-state index in [2.05, 4.69) is 18.7 Å². The maximum absolute atomic E-state index is 13.9. The first kappa shape index (κ1) is 24.8. The van der Waals surface area contributed by atoms with Gasteiger partial charge in [0, 0.05) is 11.6 Å². The van der Waals surface area contributed by atoms with E-state index in [4.69, 9.17) is 4.74 Å². The van der Waals surface area contributed by atoms with Gasteiger partial charge < -0.3 is 19.6 Å². The molecule has 3 aliphatic rings. The van der Waals surface area contributed by atoms with Gasteiger partial charge in [-0.2, -0.15) is 0 Å². The fourth-order valence-corrected chi connectivity index (χ4v) is 6.51. The lowest BCUT2D eigenvalue weighted by atomic mass is 9.74. The second kappa shape index (κ2) is 9.85. The van der Waals surface area contributed by atoms with Crippen molar-refractivity contribution < 1.29 is 23.8 Å². The summed E-state index contributed by atoms with van der Waals surface area (Å²) in [4.78, 5) is 29.5. The van der Waals surface area contributed by atoms with Crippen molar-refractivity contribution in [3.8, 4) is 5.75 Å². The van der Waals surface area contributed by atoms with Gasteiger partial charge in [-0.1, -0.05) is 26.0 Å². The molecule has 0 unspecified atom stereocenters. The molecule has 2 aromatic rings. The standard InChI is InChI=1S/C29H35FN2O4/c1-19(2)29(28(35)32-17-23-15-24(30)6-7-26(23)36-18-32)11-8-25(16-29)31-12-9-20(10-13-31)21-4-3-5-22(14-21)27(33)34/h3-7,14-15,19-20,25H,8-13,16-18H2,1-2H3,(H,33,34)/t25-,29+/m1/s1. The second-order valence-electron chi connectivity index (χ2n) is 11.0. The van der Waals surface area contributed by atoms with Crippen LogP contribution in [-0.4, -0.2) is 52.6 Å². The van der Waals surface area contributed by atoms with Gasteiger partial charge in [-0.15, -0.1) is 0 Å². The van der Waals surface area contributed by atoms with Crippen LogP contribution in [0.2, 0.25) is 0 Å². The minimum absolute atomic E-state index is 0.121. The van der Waals surface area contributed by atoms with Crippen LogP contribution in [-0.2, 0) is 11.3 Å². The van der Waals surface area contributed by atoms with Crippen molar-refractivity contribution in [2.45, 2.75) is 64.5 Å². The van der Waals surface area contributed by atoms with Crippen molar-refractivity contribution >= 4 is 11.9 Å². The Morgan fingerprint density at radius 1 is 1.11 bits per heavy atom. The van der Waals surface area contributed by atoms with Crippen LogP contribution in [0.4, 0.5) is 4.39 Å². The van der Waals surface area contributed by atoms with Crippen LogP contribution in [0.1, 0.15) is 73.4 Å². The molecule has 2 aliphatic heterocycles. The van der Waals surface area contributed by atoms with Gasteiger partial charge in [-0.05, 0) is 92.9 Å². The zero-order valence-corrected chi connectivity index (χ0v) is 21.1. The third-order valence-electron chi connectivity index (χ3n) is 8.75. The summed E-state index contributed by atoms with van der Waals surface area (Å²) >= 11 is 0. The van der Waals surface area contributed by atoms with E-state index in [1.807, 2.05) is 18.2 Å². The fraction of sp³-hybridized carbons (Fsp3) is 0.517. The van der Waals surface area contributed by atoms with Crippen molar-refractivity contribution in [3.63, 3.8) is 0 Å². The molecule has 192 valence electrons. The van der Waals surface area contributed by atoms with Gasteiger partial charge in [0.2, 0.25) is 5.91 Å². The number of ether oxygens (including phenoxy) is 1. The van der Waals surface area contributed by atoms with E-state index in [-0.39, 0.29) is 24.4 Å². The molecule has 6 nitrogen and oxygen atoms in total. The molecule has 1 N–H and O–H groups in total. The molecule has 1 saturated heterocycles. The Morgan fingerprint density at radius 2 is 1.89 bits per heavy atom. The number of rotatable bonds is 5. The maximum atomic E-state index is 13.9. The number of nitrogens with zero attached hydrogens (tertiary/aromatic N) is 2. The number of fused-ring (bicyclic) bond motifs is 1. The van der Waals surface area contributed by atoms with E-state index in [9.17, 15) is 19.1 Å². The van der Waals surface area contributed by atoms with Gasteiger partial charge >= 0.3 is 5.97 Å². The zero-order valence-electron chi connectivity index (χ0n) is 21.1. The molecule has 36 heavy (non-hydrogen) atoms. The molecule has 2 aromatic carbocycles. The minimum atomic E-state index is -0.886. The molecule has 1 aliphatic carbocycles. The fourth-order valence-electron chi connectivity index (χ4n) is 6.51. The minimum Gasteiger partial charge on any atom is -0.478 e. The molecule has 2 atom stereocenters. The summed E-state index contributed by atoms with van der Waals surface area (Å²) in [5.74, 6) is 0.131. The third-order valence-corrected chi connectivity index (χ3v) is 8.75. The summed E-state index contributed by atoms with van der Waals surface area (Å²) in [5.41, 5.74) is 1.73. The smallest absolute Gasteiger partial charge is 0.335 e. The van der Waals surface area contributed by atoms with Crippen LogP contribution in [0.3, 0.4) is 0 Å². The molecular weight excluding hydrogens is 459 g/mol. The quantitative estimate of drug-likeness (QED) is 0.613. The number of piperidine rings is 1. The highest BCUT2D eigenvalue weighted by atomic mass is 19.1. The maximum Gasteiger partial charge on any atom is 0.335 e. The van der Waals surface area contributed by atoms with E-state index in [1.165, 1.54) is 12.1 Å². The van der Waals surface area contributed by atoms with E-state index in [0.717, 1.165) is 56.3 Å². The largest absolute Gasteiger partial charge is 0.478 e. The summed E-state index contributed by atoms with van der Waals surface area (Å²) in [5, 5.41) is 9.32. The summed E-state index contributed by atoms with van der Waals surface area (Å²) in [7, 11) is 0. The SMILES string of the molecule is CC(C)[C@]1(C(=O)N2COc3ccc(F)cc3C2)CC[C@@H](N2CCC(c3cccc(C(=O)O)c3)CC2)C1. The lowest BCUT2D eigenvalue weighted by molar-refractivity contribution is -0.150. The number of carboxylic acids is 1. The van der Waals surface area contributed by atoms with Gasteiger partial charge in [0.25, 0.3) is 0 Å². The monoisotopic (exact) mass is 494 g/mol. The van der Waals surface area contributed by atoms with Crippen molar-refractivity contribution in [2.75, 3.05) is 19.8 Å². The van der Waals surface area contributed by atoms with Crippen molar-refractivity contribution in [2.24, 2.45) is 11.3 Å². The predicted molar refractivity (Wildman–Crippen MR) is 134 cm³/mol. The Morgan fingerprint density at radius 3 is 2.61 bits per heavy atom. The molecule has 7 heteroatoms. The van der Waals surface area contributed by atoms with E-state index in [0.29, 0.717) is 29.8 Å². The van der Waals surface area contributed by atoms with Gasteiger partial charge in [0.1, 0.15) is 11.6 Å². The highest BCUT2D eigenvalue weighted by Crippen LogP contribution is 2.48. The molecule has 5 rings (SSSR count). The Balaban J connectivity index is 1.24. The second-order valence-corrected chi connectivity index (χ2v) is 11.0. The first-order chi connectivity index (χ1) is 17.3. The Hall–Kier alpha value is -2.93. The zero-order chi connectivity index (χ0) is 25.4. The van der Waals surface area contributed by atoms with E-state index < -0.39 is 11.4 Å². The van der Waals surface area contributed by atoms with Gasteiger partial charge in [-0.3, -0.25) is 4.79 Å². The Bertz CT molecular complexity index is 1140.